The molecule has 2 heterocycles. The van der Waals surface area contributed by atoms with Crippen LogP contribution in [0.15, 0.2) is 42.6 Å². The van der Waals surface area contributed by atoms with Crippen molar-refractivity contribution in [3.63, 3.8) is 0 Å². The van der Waals surface area contributed by atoms with E-state index in [0.29, 0.717) is 22.8 Å². The summed E-state index contributed by atoms with van der Waals surface area (Å²) in [4.78, 5) is 29.3. The van der Waals surface area contributed by atoms with E-state index < -0.39 is 5.91 Å². The first-order valence-corrected chi connectivity index (χ1v) is 8.79. The number of carbonyl (C=O) groups is 2. The van der Waals surface area contributed by atoms with Crippen LogP contribution in [0.5, 0.6) is 0 Å². The molecule has 0 fully saturated rings. The number of carbonyl (C=O) groups excluding carboxylic acids is 2. The van der Waals surface area contributed by atoms with E-state index in [0.717, 1.165) is 6.42 Å². The number of hydrogen-bond acceptors (Lipinski definition) is 3. The molecule has 0 saturated heterocycles. The van der Waals surface area contributed by atoms with Crippen LogP contribution in [-0.4, -0.2) is 27.7 Å². The highest BCUT2D eigenvalue weighted by Crippen LogP contribution is 2.30. The van der Waals surface area contributed by atoms with Crippen molar-refractivity contribution in [1.82, 2.24) is 14.7 Å². The first-order valence-electron chi connectivity index (χ1n) is 8.03. The van der Waals surface area contributed by atoms with Crippen molar-refractivity contribution in [1.29, 1.82) is 0 Å². The predicted octanol–water partition coefficient (Wildman–Crippen LogP) is 4.03. The van der Waals surface area contributed by atoms with Crippen LogP contribution < -0.4 is 10.6 Å². The fourth-order valence-corrected chi connectivity index (χ4v) is 2.81. The van der Waals surface area contributed by atoms with Crippen LogP contribution in [0.4, 0.5) is 5.69 Å². The Bertz CT molecular complexity index is 984. The number of anilines is 1. The van der Waals surface area contributed by atoms with Gasteiger partial charge in [-0.15, -0.1) is 0 Å². The van der Waals surface area contributed by atoms with Gasteiger partial charge in [0.05, 0.1) is 21.2 Å². The molecule has 134 valence electrons. The topological polar surface area (TPSA) is 75.5 Å². The summed E-state index contributed by atoms with van der Waals surface area (Å²) < 4.78 is 1.58. The van der Waals surface area contributed by atoms with Crippen LogP contribution >= 0.6 is 23.2 Å². The summed E-state index contributed by atoms with van der Waals surface area (Å²) in [5.74, 6) is -0.670. The lowest BCUT2D eigenvalue weighted by atomic mass is 10.3. The van der Waals surface area contributed by atoms with Gasteiger partial charge in [0.1, 0.15) is 0 Å². The van der Waals surface area contributed by atoms with Gasteiger partial charge in [0.2, 0.25) is 5.82 Å². The van der Waals surface area contributed by atoms with Crippen molar-refractivity contribution in [2.75, 3.05) is 11.9 Å². The Morgan fingerprint density at radius 3 is 2.69 bits per heavy atom. The summed E-state index contributed by atoms with van der Waals surface area (Å²) in [7, 11) is 0. The van der Waals surface area contributed by atoms with Crippen molar-refractivity contribution in [2.45, 2.75) is 13.3 Å². The van der Waals surface area contributed by atoms with Gasteiger partial charge in [-0.2, -0.15) is 0 Å². The number of rotatable bonds is 5. The zero-order chi connectivity index (χ0) is 18.7. The number of amides is 2. The molecule has 0 aliphatic heterocycles. The van der Waals surface area contributed by atoms with E-state index in [1.54, 1.807) is 47.0 Å². The van der Waals surface area contributed by atoms with Gasteiger partial charge in [0.15, 0.2) is 5.69 Å². The number of fused-ring (bicyclic) bond motifs is 1. The van der Waals surface area contributed by atoms with Gasteiger partial charge < -0.3 is 10.6 Å². The molecule has 1 aromatic carbocycles. The third-order valence-corrected chi connectivity index (χ3v) is 4.52. The number of imidazole rings is 1. The molecule has 0 saturated carbocycles. The summed E-state index contributed by atoms with van der Waals surface area (Å²) in [5, 5.41) is 6.03. The molecule has 8 heteroatoms. The number of aromatic nitrogens is 2. The van der Waals surface area contributed by atoms with E-state index in [-0.39, 0.29) is 22.4 Å². The van der Waals surface area contributed by atoms with Gasteiger partial charge in [0.25, 0.3) is 11.8 Å². The highest BCUT2D eigenvalue weighted by Gasteiger charge is 2.22. The highest BCUT2D eigenvalue weighted by atomic mass is 35.5. The second-order valence-electron chi connectivity index (χ2n) is 5.55. The largest absolute Gasteiger partial charge is 0.349 e. The minimum absolute atomic E-state index is 0.128. The van der Waals surface area contributed by atoms with Crippen LogP contribution in [0.3, 0.4) is 0 Å². The van der Waals surface area contributed by atoms with Gasteiger partial charge in [0, 0.05) is 12.7 Å². The van der Waals surface area contributed by atoms with Gasteiger partial charge in [-0.1, -0.05) is 42.3 Å². The summed E-state index contributed by atoms with van der Waals surface area (Å²) in [6.45, 7) is 2.48. The van der Waals surface area contributed by atoms with Crippen LogP contribution in [0.2, 0.25) is 10.0 Å². The van der Waals surface area contributed by atoms with E-state index in [2.05, 4.69) is 15.6 Å². The molecule has 2 amide bonds. The normalized spacial score (nSPS) is 10.7. The van der Waals surface area contributed by atoms with E-state index >= 15 is 0 Å². The number of nitrogens with one attached hydrogen (secondary N) is 2. The number of hydrogen-bond donors (Lipinski definition) is 2. The molecule has 0 bridgehead atoms. The van der Waals surface area contributed by atoms with Crippen molar-refractivity contribution in [3.05, 3.63) is 64.2 Å². The number of halogens is 2. The maximum atomic E-state index is 12.7. The third-order valence-electron chi connectivity index (χ3n) is 3.70. The number of nitrogens with zero attached hydrogens (tertiary/aromatic N) is 2. The molecule has 0 aliphatic carbocycles. The lowest BCUT2D eigenvalue weighted by molar-refractivity contribution is 0.0942. The van der Waals surface area contributed by atoms with Gasteiger partial charge in [-0.05, 0) is 30.7 Å². The summed E-state index contributed by atoms with van der Waals surface area (Å²) in [6, 6.07) is 10.2. The van der Waals surface area contributed by atoms with Crippen LogP contribution in [0.25, 0.3) is 5.52 Å². The Labute approximate surface area is 160 Å². The molecule has 26 heavy (non-hydrogen) atoms. The SMILES string of the molecule is CCCNC(=O)c1nc(C(=O)Nc2cccc(Cl)c2Cl)c2ccccn12. The Hall–Kier alpha value is -2.57. The van der Waals surface area contributed by atoms with E-state index in [1.165, 1.54) is 0 Å². The average molecular weight is 391 g/mol. The summed E-state index contributed by atoms with van der Waals surface area (Å²) in [5.41, 5.74) is 1.02. The van der Waals surface area contributed by atoms with Gasteiger partial charge in [-0.25, -0.2) is 4.98 Å². The van der Waals surface area contributed by atoms with E-state index in [1.807, 2.05) is 6.92 Å². The molecule has 0 radical (unpaired) electrons. The smallest absolute Gasteiger partial charge is 0.287 e. The standard InChI is InChI=1S/C18H16Cl2N4O2/c1-2-9-21-18(26)16-23-15(13-8-3-4-10-24(13)16)17(25)22-12-7-5-6-11(19)14(12)20/h3-8,10H,2,9H2,1H3,(H,21,26)(H,22,25). The van der Waals surface area contributed by atoms with E-state index in [4.69, 9.17) is 23.2 Å². The van der Waals surface area contributed by atoms with Crippen molar-refractivity contribution >= 4 is 46.2 Å². The molecule has 3 aromatic rings. The molecule has 0 unspecified atom stereocenters. The lowest BCUT2D eigenvalue weighted by Crippen LogP contribution is -2.26. The number of pyridine rings is 1. The molecule has 2 N–H and O–H groups in total. The molecule has 6 nitrogen and oxygen atoms in total. The highest BCUT2D eigenvalue weighted by molar-refractivity contribution is 6.44. The zero-order valence-corrected chi connectivity index (χ0v) is 15.4. The van der Waals surface area contributed by atoms with Crippen LogP contribution in [0, 0.1) is 0 Å². The Balaban J connectivity index is 1.98. The molecular formula is C18H16Cl2N4O2. The zero-order valence-electron chi connectivity index (χ0n) is 13.9. The molecule has 0 atom stereocenters. The number of benzene rings is 1. The molecule has 0 aliphatic rings. The minimum Gasteiger partial charge on any atom is -0.349 e. The van der Waals surface area contributed by atoms with Crippen molar-refractivity contribution < 1.29 is 9.59 Å². The fourth-order valence-electron chi connectivity index (χ4n) is 2.46. The maximum Gasteiger partial charge on any atom is 0.287 e. The average Bonchev–Trinajstić information content (AvgIpc) is 3.03. The second kappa shape index (κ2) is 7.76. The molecule has 2 aromatic heterocycles. The Kier molecular flexibility index (Phi) is 5.44. The first-order chi connectivity index (χ1) is 12.5. The second-order valence-corrected chi connectivity index (χ2v) is 6.34. The van der Waals surface area contributed by atoms with E-state index in [9.17, 15) is 9.59 Å². The van der Waals surface area contributed by atoms with Crippen molar-refractivity contribution in [2.24, 2.45) is 0 Å². The van der Waals surface area contributed by atoms with Crippen LogP contribution in [0.1, 0.15) is 34.5 Å². The lowest BCUT2D eigenvalue weighted by Gasteiger charge is -2.07. The van der Waals surface area contributed by atoms with Crippen molar-refractivity contribution in [3.8, 4) is 0 Å². The maximum absolute atomic E-state index is 12.7. The van der Waals surface area contributed by atoms with Crippen LogP contribution in [-0.2, 0) is 0 Å². The molecular weight excluding hydrogens is 375 g/mol. The predicted molar refractivity (Wildman–Crippen MR) is 102 cm³/mol. The monoisotopic (exact) mass is 390 g/mol. The van der Waals surface area contributed by atoms with Gasteiger partial charge in [-0.3, -0.25) is 14.0 Å². The fraction of sp³-hybridized carbons (Fsp3) is 0.167. The summed E-state index contributed by atoms with van der Waals surface area (Å²) in [6.07, 6.45) is 2.49. The third kappa shape index (κ3) is 3.52. The molecule has 3 rings (SSSR count). The Morgan fingerprint density at radius 1 is 1.12 bits per heavy atom. The minimum atomic E-state index is -0.479. The van der Waals surface area contributed by atoms with Gasteiger partial charge >= 0.3 is 0 Å². The first kappa shape index (κ1) is 18.2. The molecule has 0 spiro atoms. The summed E-state index contributed by atoms with van der Waals surface area (Å²) >= 11 is 12.1. The Morgan fingerprint density at radius 2 is 1.92 bits per heavy atom. The quantitative estimate of drug-likeness (QED) is 0.690.